The van der Waals surface area contributed by atoms with Crippen LogP contribution in [-0.2, 0) is 18.6 Å². The molecule has 0 aromatic carbocycles. The summed E-state index contributed by atoms with van der Waals surface area (Å²) >= 11 is 10.8. The molecule has 2 rings (SSSR count). The van der Waals surface area contributed by atoms with Gasteiger partial charge in [0.2, 0.25) is 0 Å². The highest BCUT2D eigenvalue weighted by molar-refractivity contribution is 9.10. The van der Waals surface area contributed by atoms with E-state index in [9.17, 15) is 9.59 Å². The van der Waals surface area contributed by atoms with Crippen LogP contribution in [0, 0.1) is 0 Å². The SMILES string of the molecule is CC(C)(C)n1cc(CNCc2cc(Br)c(Cl)s2)c(=O)[nH]c1=O. The third-order valence-electron chi connectivity index (χ3n) is 3.05. The molecule has 0 unspecified atom stereocenters. The highest BCUT2D eigenvalue weighted by Gasteiger charge is 2.16. The molecule has 5 nitrogen and oxygen atoms in total. The Balaban J connectivity index is 2.13. The van der Waals surface area contributed by atoms with Crippen LogP contribution in [0.25, 0.3) is 0 Å². The van der Waals surface area contributed by atoms with Gasteiger partial charge >= 0.3 is 5.69 Å². The zero-order chi connectivity index (χ0) is 16.5. The molecule has 2 N–H and O–H groups in total. The summed E-state index contributed by atoms with van der Waals surface area (Å²) in [5, 5.41) is 3.19. The predicted molar refractivity (Wildman–Crippen MR) is 93.9 cm³/mol. The zero-order valence-electron chi connectivity index (χ0n) is 12.5. The van der Waals surface area contributed by atoms with Gasteiger partial charge in [-0.1, -0.05) is 11.6 Å². The first kappa shape index (κ1) is 17.5. The van der Waals surface area contributed by atoms with E-state index < -0.39 is 5.69 Å². The molecule has 22 heavy (non-hydrogen) atoms. The molecule has 120 valence electrons. The summed E-state index contributed by atoms with van der Waals surface area (Å²) in [4.78, 5) is 27.2. The maximum Gasteiger partial charge on any atom is 0.328 e. The Kier molecular flexibility index (Phi) is 5.32. The average Bonchev–Trinajstić information content (AvgIpc) is 2.69. The first-order valence-corrected chi connectivity index (χ1v) is 8.67. The number of hydrogen-bond donors (Lipinski definition) is 2. The number of hydrogen-bond acceptors (Lipinski definition) is 4. The van der Waals surface area contributed by atoms with Crippen molar-refractivity contribution in [1.29, 1.82) is 0 Å². The second-order valence-electron chi connectivity index (χ2n) is 5.89. The summed E-state index contributed by atoms with van der Waals surface area (Å²) < 4.78 is 3.11. The first-order chi connectivity index (χ1) is 10.2. The lowest BCUT2D eigenvalue weighted by Crippen LogP contribution is -2.40. The second kappa shape index (κ2) is 6.70. The van der Waals surface area contributed by atoms with Crippen LogP contribution in [-0.4, -0.2) is 9.55 Å². The van der Waals surface area contributed by atoms with E-state index in [1.807, 2.05) is 26.8 Å². The minimum atomic E-state index is -0.393. The molecular formula is C14H17BrClN3O2S. The highest BCUT2D eigenvalue weighted by Crippen LogP contribution is 2.31. The standard InChI is InChI=1S/C14H17BrClN3O2S/c1-14(2,3)19-7-8(12(20)18-13(19)21)5-17-6-9-4-10(15)11(16)22-9/h4,7,17H,5-6H2,1-3H3,(H,18,20,21). The molecule has 2 aromatic heterocycles. The van der Waals surface area contributed by atoms with Crippen LogP contribution in [0.4, 0.5) is 0 Å². The third kappa shape index (κ3) is 4.10. The highest BCUT2D eigenvalue weighted by atomic mass is 79.9. The lowest BCUT2D eigenvalue weighted by Gasteiger charge is -2.22. The number of halogens is 2. The van der Waals surface area contributed by atoms with Crippen molar-refractivity contribution in [1.82, 2.24) is 14.9 Å². The third-order valence-corrected chi connectivity index (χ3v) is 5.52. The second-order valence-corrected chi connectivity index (χ2v) is 8.49. The van der Waals surface area contributed by atoms with Crippen molar-refractivity contribution in [2.45, 2.75) is 39.4 Å². The van der Waals surface area contributed by atoms with Gasteiger partial charge in [-0.25, -0.2) is 4.79 Å². The summed E-state index contributed by atoms with van der Waals surface area (Å²) in [6, 6.07) is 1.94. The van der Waals surface area contributed by atoms with E-state index in [1.54, 1.807) is 6.20 Å². The van der Waals surface area contributed by atoms with Crippen LogP contribution in [0.3, 0.4) is 0 Å². The summed E-state index contributed by atoms with van der Waals surface area (Å²) in [5.41, 5.74) is -0.614. The maximum absolute atomic E-state index is 11.9. The number of H-pyrrole nitrogens is 1. The van der Waals surface area contributed by atoms with Gasteiger partial charge in [0, 0.05) is 39.7 Å². The van der Waals surface area contributed by atoms with Gasteiger partial charge in [0.05, 0.1) is 0 Å². The number of rotatable bonds is 4. The first-order valence-electron chi connectivity index (χ1n) is 6.68. The predicted octanol–water partition coefficient (Wildman–Crippen LogP) is 3.06. The molecule has 2 aromatic rings. The summed E-state index contributed by atoms with van der Waals surface area (Å²) in [6.45, 7) is 6.71. The van der Waals surface area contributed by atoms with E-state index in [4.69, 9.17) is 11.6 Å². The van der Waals surface area contributed by atoms with Crippen LogP contribution >= 0.6 is 38.9 Å². The molecule has 2 heterocycles. The van der Waals surface area contributed by atoms with Crippen molar-refractivity contribution in [3.8, 4) is 0 Å². The van der Waals surface area contributed by atoms with E-state index in [1.165, 1.54) is 15.9 Å². The Morgan fingerprint density at radius 1 is 1.36 bits per heavy atom. The van der Waals surface area contributed by atoms with Gasteiger partial charge in [-0.05, 0) is 42.8 Å². The van der Waals surface area contributed by atoms with Crippen molar-refractivity contribution < 1.29 is 0 Å². The Morgan fingerprint density at radius 3 is 2.59 bits per heavy atom. The topological polar surface area (TPSA) is 66.9 Å². The van der Waals surface area contributed by atoms with Crippen molar-refractivity contribution in [2.24, 2.45) is 0 Å². The van der Waals surface area contributed by atoms with Gasteiger partial charge in [-0.3, -0.25) is 14.3 Å². The van der Waals surface area contributed by atoms with Gasteiger partial charge in [-0.15, -0.1) is 11.3 Å². The van der Waals surface area contributed by atoms with E-state index in [0.29, 0.717) is 23.0 Å². The molecule has 0 saturated heterocycles. The van der Waals surface area contributed by atoms with Gasteiger partial charge in [0.15, 0.2) is 0 Å². The summed E-state index contributed by atoms with van der Waals surface area (Å²) in [5.74, 6) is 0. The number of thiophene rings is 1. The van der Waals surface area contributed by atoms with Gasteiger partial charge in [0.25, 0.3) is 5.56 Å². The van der Waals surface area contributed by atoms with Crippen LogP contribution in [0.15, 0.2) is 26.3 Å². The summed E-state index contributed by atoms with van der Waals surface area (Å²) in [6.07, 6.45) is 1.62. The zero-order valence-corrected chi connectivity index (χ0v) is 15.7. The minimum Gasteiger partial charge on any atom is -0.308 e. The van der Waals surface area contributed by atoms with Gasteiger partial charge < -0.3 is 5.32 Å². The fourth-order valence-electron chi connectivity index (χ4n) is 1.93. The number of nitrogens with one attached hydrogen (secondary N) is 2. The Bertz CT molecular complexity index is 769. The maximum atomic E-state index is 11.9. The largest absolute Gasteiger partial charge is 0.328 e. The monoisotopic (exact) mass is 405 g/mol. The molecule has 0 amide bonds. The fraction of sp³-hybridized carbons (Fsp3) is 0.429. The Morgan fingerprint density at radius 2 is 2.05 bits per heavy atom. The molecule has 0 aliphatic rings. The van der Waals surface area contributed by atoms with Crippen LogP contribution < -0.4 is 16.6 Å². The molecule has 0 aliphatic carbocycles. The molecule has 0 aliphatic heterocycles. The lowest BCUT2D eigenvalue weighted by atomic mass is 10.1. The Labute approximate surface area is 145 Å². The van der Waals surface area contributed by atoms with Crippen LogP contribution in [0.1, 0.15) is 31.2 Å². The fourth-order valence-corrected chi connectivity index (χ4v) is 3.69. The molecule has 0 spiro atoms. The van der Waals surface area contributed by atoms with Crippen LogP contribution in [0.2, 0.25) is 4.34 Å². The van der Waals surface area contributed by atoms with E-state index in [0.717, 1.165) is 9.35 Å². The molecule has 0 atom stereocenters. The van der Waals surface area contributed by atoms with Crippen molar-refractivity contribution in [3.63, 3.8) is 0 Å². The quantitative estimate of drug-likeness (QED) is 0.820. The molecule has 8 heteroatoms. The Hall–Kier alpha value is -0.890. The molecule has 0 fully saturated rings. The van der Waals surface area contributed by atoms with Crippen molar-refractivity contribution >= 4 is 38.9 Å². The van der Waals surface area contributed by atoms with Crippen molar-refractivity contribution in [2.75, 3.05) is 0 Å². The molecular weight excluding hydrogens is 390 g/mol. The van der Waals surface area contributed by atoms with Crippen molar-refractivity contribution in [3.05, 3.63) is 52.4 Å². The lowest BCUT2D eigenvalue weighted by molar-refractivity contribution is 0.374. The summed E-state index contributed by atoms with van der Waals surface area (Å²) in [7, 11) is 0. The number of aromatic nitrogens is 2. The number of nitrogens with zero attached hydrogens (tertiary/aromatic N) is 1. The van der Waals surface area contributed by atoms with Crippen LogP contribution in [0.5, 0.6) is 0 Å². The van der Waals surface area contributed by atoms with Gasteiger partial charge in [0.1, 0.15) is 4.34 Å². The van der Waals surface area contributed by atoms with E-state index >= 15 is 0 Å². The smallest absolute Gasteiger partial charge is 0.308 e. The van der Waals surface area contributed by atoms with Gasteiger partial charge in [-0.2, -0.15) is 0 Å². The molecule has 0 bridgehead atoms. The molecule has 0 saturated carbocycles. The minimum absolute atomic E-state index is 0.358. The number of aromatic amines is 1. The normalized spacial score (nSPS) is 11.9. The molecule has 0 radical (unpaired) electrons. The van der Waals surface area contributed by atoms with E-state index in [-0.39, 0.29) is 11.1 Å². The van der Waals surface area contributed by atoms with E-state index in [2.05, 4.69) is 26.2 Å². The average molecular weight is 407 g/mol.